The summed E-state index contributed by atoms with van der Waals surface area (Å²) in [5, 5.41) is 6.73. The number of hydrogen-bond donors (Lipinski definition) is 3. The first-order valence-electron chi connectivity index (χ1n) is 10.6. The Kier molecular flexibility index (Phi) is 7.98. The van der Waals surface area contributed by atoms with Crippen molar-refractivity contribution in [3.8, 4) is 0 Å². The summed E-state index contributed by atoms with van der Waals surface area (Å²) in [5.74, 6) is 0.105. The van der Waals surface area contributed by atoms with Gasteiger partial charge < -0.3 is 21.3 Å². The first kappa shape index (κ1) is 24.3. The van der Waals surface area contributed by atoms with Crippen molar-refractivity contribution in [3.63, 3.8) is 0 Å². The molecule has 1 aliphatic heterocycles. The highest BCUT2D eigenvalue weighted by Crippen LogP contribution is 2.30. The third-order valence-corrected chi connectivity index (χ3v) is 6.81. The van der Waals surface area contributed by atoms with E-state index < -0.39 is 5.41 Å². The molecule has 1 atom stereocenters. The van der Waals surface area contributed by atoms with Crippen LogP contribution in [0.1, 0.15) is 32.3 Å². The van der Waals surface area contributed by atoms with Gasteiger partial charge in [0, 0.05) is 43.8 Å². The molecular weight excluding hydrogens is 449 g/mol. The second-order valence-electron chi connectivity index (χ2n) is 8.62. The summed E-state index contributed by atoms with van der Waals surface area (Å²) in [7, 11) is 0. The first-order chi connectivity index (χ1) is 15.2. The third-order valence-electron chi connectivity index (χ3n) is 6.07. The molecule has 2 aromatic rings. The Hall–Kier alpha value is -2.35. The number of aromatic nitrogens is 1. The molecule has 1 unspecified atom stereocenters. The van der Waals surface area contributed by atoms with Gasteiger partial charge in [0.05, 0.1) is 15.5 Å². The van der Waals surface area contributed by atoms with Gasteiger partial charge in [-0.3, -0.25) is 9.78 Å². The van der Waals surface area contributed by atoms with E-state index in [-0.39, 0.29) is 23.9 Å². The molecule has 4 N–H and O–H groups in total. The van der Waals surface area contributed by atoms with E-state index in [1.807, 2.05) is 13.8 Å². The normalized spacial score (nSPS) is 15.8. The summed E-state index contributed by atoms with van der Waals surface area (Å²) in [6, 6.07) is 8.41. The van der Waals surface area contributed by atoms with Crippen LogP contribution in [0.15, 0.2) is 42.7 Å². The van der Waals surface area contributed by atoms with Gasteiger partial charge >= 0.3 is 6.03 Å². The molecule has 1 saturated heterocycles. The Morgan fingerprint density at radius 1 is 1.16 bits per heavy atom. The Morgan fingerprint density at radius 2 is 1.81 bits per heavy atom. The summed E-state index contributed by atoms with van der Waals surface area (Å²) < 4.78 is 0. The molecule has 0 aliphatic carbocycles. The highest BCUT2D eigenvalue weighted by Gasteiger charge is 2.32. The number of likely N-dealkylation sites (tertiary alicyclic amines) is 1. The van der Waals surface area contributed by atoms with Crippen LogP contribution in [0.2, 0.25) is 10.0 Å². The van der Waals surface area contributed by atoms with Gasteiger partial charge in [-0.15, -0.1) is 0 Å². The molecule has 3 rings (SSSR count). The Balaban J connectivity index is 1.47. The predicted octanol–water partition coefficient (Wildman–Crippen LogP) is 4.05. The van der Waals surface area contributed by atoms with Crippen molar-refractivity contribution in [2.75, 3.05) is 25.0 Å². The number of anilines is 1. The topological polar surface area (TPSA) is 100 Å². The van der Waals surface area contributed by atoms with Gasteiger partial charge in [-0.25, -0.2) is 4.79 Å². The summed E-state index contributed by atoms with van der Waals surface area (Å²) in [6.07, 6.45) is 4.85. The zero-order valence-corrected chi connectivity index (χ0v) is 19.8. The number of amides is 3. The maximum absolute atomic E-state index is 12.9. The lowest BCUT2D eigenvalue weighted by Crippen LogP contribution is -2.50. The number of rotatable bonds is 6. The summed E-state index contributed by atoms with van der Waals surface area (Å²) in [6.45, 7) is 5.30. The van der Waals surface area contributed by atoms with Crippen molar-refractivity contribution in [1.29, 1.82) is 0 Å². The number of hydrogen-bond acceptors (Lipinski definition) is 4. The van der Waals surface area contributed by atoms with E-state index in [9.17, 15) is 9.59 Å². The second-order valence-corrected chi connectivity index (χ2v) is 9.43. The highest BCUT2D eigenvalue weighted by molar-refractivity contribution is 6.42. The van der Waals surface area contributed by atoms with Crippen molar-refractivity contribution in [1.82, 2.24) is 15.2 Å². The minimum absolute atomic E-state index is 0.125. The molecule has 0 bridgehead atoms. The lowest BCUT2D eigenvalue weighted by atomic mass is 9.83. The van der Waals surface area contributed by atoms with Gasteiger partial charge in [-0.2, -0.15) is 0 Å². The molecule has 1 fully saturated rings. The number of pyridine rings is 1. The van der Waals surface area contributed by atoms with Crippen LogP contribution in [-0.2, 0) is 10.2 Å². The molecule has 0 saturated carbocycles. The van der Waals surface area contributed by atoms with Crippen molar-refractivity contribution >= 4 is 40.8 Å². The summed E-state index contributed by atoms with van der Waals surface area (Å²) >= 11 is 12.1. The Bertz CT molecular complexity index is 947. The van der Waals surface area contributed by atoms with Crippen molar-refractivity contribution in [3.05, 3.63) is 58.3 Å². The summed E-state index contributed by atoms with van der Waals surface area (Å²) in [5.41, 5.74) is 7.12. The number of nitrogens with zero attached hydrogens (tertiary/aromatic N) is 2. The molecule has 1 aliphatic rings. The molecule has 172 valence electrons. The fourth-order valence-corrected chi connectivity index (χ4v) is 4.08. The molecule has 2 heterocycles. The minimum atomic E-state index is -0.775. The zero-order chi connectivity index (χ0) is 23.3. The molecule has 3 amide bonds. The molecule has 7 nitrogen and oxygen atoms in total. The molecule has 1 aromatic heterocycles. The van der Waals surface area contributed by atoms with E-state index >= 15 is 0 Å². The van der Waals surface area contributed by atoms with Gasteiger partial charge in [0.2, 0.25) is 5.91 Å². The lowest BCUT2D eigenvalue weighted by Gasteiger charge is -2.35. The van der Waals surface area contributed by atoms with E-state index in [0.29, 0.717) is 29.7 Å². The molecule has 32 heavy (non-hydrogen) atoms. The number of urea groups is 1. The van der Waals surface area contributed by atoms with Crippen LogP contribution in [0.25, 0.3) is 0 Å². The fourth-order valence-electron chi connectivity index (χ4n) is 3.78. The van der Waals surface area contributed by atoms with Crippen molar-refractivity contribution < 1.29 is 9.59 Å². The number of carbonyl (C=O) groups is 2. The molecule has 9 heteroatoms. The SMILES string of the molecule is CC(C)(C(=O)NCC(N)C1CCN(C(=O)Nc2ccncc2)CC1)c1ccc(Cl)c(Cl)c1. The smallest absolute Gasteiger partial charge is 0.321 e. The zero-order valence-electron chi connectivity index (χ0n) is 18.3. The lowest BCUT2D eigenvalue weighted by molar-refractivity contribution is -0.125. The molecule has 1 aromatic carbocycles. The van der Waals surface area contributed by atoms with Crippen molar-refractivity contribution in [2.45, 2.75) is 38.1 Å². The maximum Gasteiger partial charge on any atom is 0.321 e. The minimum Gasteiger partial charge on any atom is -0.354 e. The quantitative estimate of drug-likeness (QED) is 0.583. The van der Waals surface area contributed by atoms with E-state index in [4.69, 9.17) is 28.9 Å². The third kappa shape index (κ3) is 5.91. The van der Waals surface area contributed by atoms with Gasteiger partial charge in [-0.1, -0.05) is 29.3 Å². The molecule has 0 spiro atoms. The predicted molar refractivity (Wildman–Crippen MR) is 128 cm³/mol. The van der Waals surface area contributed by atoms with E-state index in [1.165, 1.54) is 0 Å². The van der Waals surface area contributed by atoms with Crippen LogP contribution in [0.4, 0.5) is 10.5 Å². The van der Waals surface area contributed by atoms with Crippen molar-refractivity contribution in [2.24, 2.45) is 11.7 Å². The van der Waals surface area contributed by atoms with E-state index in [0.717, 1.165) is 24.1 Å². The highest BCUT2D eigenvalue weighted by atomic mass is 35.5. The second kappa shape index (κ2) is 10.5. The monoisotopic (exact) mass is 477 g/mol. The number of halogens is 2. The van der Waals surface area contributed by atoms with Gasteiger partial charge in [0.25, 0.3) is 0 Å². The number of nitrogens with one attached hydrogen (secondary N) is 2. The fraction of sp³-hybridized carbons (Fsp3) is 0.435. The largest absolute Gasteiger partial charge is 0.354 e. The van der Waals surface area contributed by atoms with Gasteiger partial charge in [0.1, 0.15) is 0 Å². The number of piperidine rings is 1. The van der Waals surface area contributed by atoms with Gasteiger partial charge in [-0.05, 0) is 62.4 Å². The van der Waals surface area contributed by atoms with Crippen LogP contribution >= 0.6 is 23.2 Å². The molecular formula is C23H29Cl2N5O2. The average Bonchev–Trinajstić information content (AvgIpc) is 2.79. The standard InChI is InChI=1S/C23H29Cl2N5O2/c1-23(2,16-3-4-18(24)19(25)13-16)21(31)28-14-20(26)15-7-11-30(12-8-15)22(32)29-17-5-9-27-10-6-17/h3-6,9-10,13,15,20H,7-8,11-12,14,26H2,1-2H3,(H,28,31)(H,27,29,32). The number of benzene rings is 1. The summed E-state index contributed by atoms with van der Waals surface area (Å²) in [4.78, 5) is 31.0. The van der Waals surface area contributed by atoms with Crippen LogP contribution in [0.5, 0.6) is 0 Å². The molecule has 0 radical (unpaired) electrons. The number of nitrogens with two attached hydrogens (primary N) is 1. The number of carbonyl (C=O) groups excluding carboxylic acids is 2. The van der Waals surface area contributed by atoms with Crippen LogP contribution < -0.4 is 16.4 Å². The Labute approximate surface area is 198 Å². The Morgan fingerprint density at radius 3 is 2.44 bits per heavy atom. The first-order valence-corrected chi connectivity index (χ1v) is 11.4. The van der Waals surface area contributed by atoms with Crippen LogP contribution in [-0.4, -0.2) is 47.5 Å². The average molecular weight is 478 g/mol. The van der Waals surface area contributed by atoms with Gasteiger partial charge in [0.15, 0.2) is 0 Å². The van der Waals surface area contributed by atoms with E-state index in [2.05, 4.69) is 15.6 Å². The van der Waals surface area contributed by atoms with Crippen LogP contribution in [0.3, 0.4) is 0 Å². The van der Waals surface area contributed by atoms with E-state index in [1.54, 1.807) is 47.6 Å². The maximum atomic E-state index is 12.9. The van der Waals surface area contributed by atoms with Crippen LogP contribution in [0, 0.1) is 5.92 Å².